The van der Waals surface area contributed by atoms with Gasteiger partial charge in [-0.05, 0) is 24.3 Å². The van der Waals surface area contributed by atoms with Crippen LogP contribution < -0.4 is 0 Å². The van der Waals surface area contributed by atoms with Crippen LogP contribution in [0.15, 0.2) is 30.5 Å². The quantitative estimate of drug-likeness (QED) is 0.767. The lowest BCUT2D eigenvalue weighted by atomic mass is 10.2. The first-order valence-corrected chi connectivity index (χ1v) is 5.82. The molecule has 0 amide bonds. The zero-order valence-corrected chi connectivity index (χ0v) is 10.4. The number of hydrogen-bond donors (Lipinski definition) is 0. The molecule has 0 atom stereocenters. The molecule has 0 aliphatic rings. The standard InChI is InChI=1S/C11H7Cl3N2/c12-6-10-1-2-15-11(16-10)7-3-8(13)5-9(14)4-7/h1-5H,6H2. The van der Waals surface area contributed by atoms with E-state index in [0.717, 1.165) is 11.3 Å². The lowest BCUT2D eigenvalue weighted by molar-refractivity contribution is 1.09. The molecule has 1 heterocycles. The number of benzene rings is 1. The van der Waals surface area contributed by atoms with Crippen molar-refractivity contribution in [3.63, 3.8) is 0 Å². The van der Waals surface area contributed by atoms with Gasteiger partial charge in [0.1, 0.15) is 0 Å². The number of aromatic nitrogens is 2. The van der Waals surface area contributed by atoms with Crippen molar-refractivity contribution in [1.82, 2.24) is 9.97 Å². The zero-order valence-electron chi connectivity index (χ0n) is 8.12. The van der Waals surface area contributed by atoms with Crippen molar-refractivity contribution in [3.05, 3.63) is 46.2 Å². The molecule has 2 aromatic rings. The molecule has 0 aliphatic heterocycles. The van der Waals surface area contributed by atoms with Crippen LogP contribution in [0.3, 0.4) is 0 Å². The van der Waals surface area contributed by atoms with Crippen molar-refractivity contribution in [1.29, 1.82) is 0 Å². The summed E-state index contributed by atoms with van der Waals surface area (Å²) in [7, 11) is 0. The summed E-state index contributed by atoms with van der Waals surface area (Å²) in [6.07, 6.45) is 1.66. The molecule has 0 unspecified atom stereocenters. The number of halogens is 3. The first-order valence-electron chi connectivity index (χ1n) is 4.53. The molecule has 0 spiro atoms. The van der Waals surface area contributed by atoms with Crippen molar-refractivity contribution in [2.24, 2.45) is 0 Å². The van der Waals surface area contributed by atoms with E-state index in [4.69, 9.17) is 34.8 Å². The molecule has 0 fully saturated rings. The first-order chi connectivity index (χ1) is 7.69. The van der Waals surface area contributed by atoms with Crippen molar-refractivity contribution in [2.45, 2.75) is 5.88 Å². The summed E-state index contributed by atoms with van der Waals surface area (Å²) in [5.41, 5.74) is 1.55. The third-order valence-corrected chi connectivity index (χ3v) is 2.68. The van der Waals surface area contributed by atoms with Gasteiger partial charge in [0, 0.05) is 21.8 Å². The van der Waals surface area contributed by atoms with E-state index >= 15 is 0 Å². The fourth-order valence-electron chi connectivity index (χ4n) is 1.29. The zero-order chi connectivity index (χ0) is 11.5. The van der Waals surface area contributed by atoms with Gasteiger partial charge < -0.3 is 0 Å². The Bertz CT molecular complexity index is 494. The molecule has 2 nitrogen and oxygen atoms in total. The van der Waals surface area contributed by atoms with Gasteiger partial charge in [-0.3, -0.25) is 0 Å². The number of hydrogen-bond acceptors (Lipinski definition) is 2. The fourth-order valence-corrected chi connectivity index (χ4v) is 1.97. The van der Waals surface area contributed by atoms with Crippen LogP contribution in [0.4, 0.5) is 0 Å². The van der Waals surface area contributed by atoms with Crippen LogP contribution in [0, 0.1) is 0 Å². The second-order valence-corrected chi connectivity index (χ2v) is 4.30. The predicted octanol–water partition coefficient (Wildman–Crippen LogP) is 4.19. The second-order valence-electron chi connectivity index (χ2n) is 3.16. The van der Waals surface area contributed by atoms with Crippen molar-refractivity contribution >= 4 is 34.8 Å². The summed E-state index contributed by atoms with van der Waals surface area (Å²) < 4.78 is 0. The van der Waals surface area contributed by atoms with Gasteiger partial charge in [-0.1, -0.05) is 23.2 Å². The van der Waals surface area contributed by atoms with Crippen LogP contribution in [0.1, 0.15) is 5.69 Å². The average molecular weight is 274 g/mol. The van der Waals surface area contributed by atoms with E-state index in [1.54, 1.807) is 30.5 Å². The van der Waals surface area contributed by atoms with Gasteiger partial charge in [-0.15, -0.1) is 11.6 Å². The summed E-state index contributed by atoms with van der Waals surface area (Å²) >= 11 is 17.5. The Balaban J connectivity index is 2.49. The Morgan fingerprint density at radius 2 is 1.75 bits per heavy atom. The summed E-state index contributed by atoms with van der Waals surface area (Å²) in [5, 5.41) is 1.12. The average Bonchev–Trinajstić information content (AvgIpc) is 2.28. The Morgan fingerprint density at radius 1 is 1.06 bits per heavy atom. The van der Waals surface area contributed by atoms with Crippen LogP contribution in [0.5, 0.6) is 0 Å². The normalized spacial score (nSPS) is 10.4. The van der Waals surface area contributed by atoms with Crippen molar-refractivity contribution in [3.8, 4) is 11.4 Å². The van der Waals surface area contributed by atoms with Crippen molar-refractivity contribution < 1.29 is 0 Å². The van der Waals surface area contributed by atoms with Crippen LogP contribution in [-0.4, -0.2) is 9.97 Å². The maximum atomic E-state index is 5.91. The number of rotatable bonds is 2. The Labute approximate surface area is 108 Å². The van der Waals surface area contributed by atoms with Gasteiger partial charge in [0.15, 0.2) is 5.82 Å². The van der Waals surface area contributed by atoms with Gasteiger partial charge in [-0.2, -0.15) is 0 Å². The minimum atomic E-state index is 0.351. The second kappa shape index (κ2) is 5.00. The van der Waals surface area contributed by atoms with E-state index in [1.807, 2.05) is 0 Å². The van der Waals surface area contributed by atoms with E-state index in [0.29, 0.717) is 21.7 Å². The van der Waals surface area contributed by atoms with Gasteiger partial charge >= 0.3 is 0 Å². The van der Waals surface area contributed by atoms with Crippen LogP contribution in [-0.2, 0) is 5.88 Å². The highest BCUT2D eigenvalue weighted by atomic mass is 35.5. The molecule has 0 saturated heterocycles. The highest BCUT2D eigenvalue weighted by Crippen LogP contribution is 2.24. The molecule has 0 saturated carbocycles. The van der Waals surface area contributed by atoms with Crippen molar-refractivity contribution in [2.75, 3.05) is 0 Å². The molecule has 5 heteroatoms. The summed E-state index contributed by atoms with van der Waals surface area (Å²) in [5.74, 6) is 0.923. The lowest BCUT2D eigenvalue weighted by Gasteiger charge is -2.03. The molecule has 1 aromatic carbocycles. The van der Waals surface area contributed by atoms with E-state index in [9.17, 15) is 0 Å². The van der Waals surface area contributed by atoms with Crippen LogP contribution in [0.2, 0.25) is 10.0 Å². The largest absolute Gasteiger partial charge is 0.237 e. The molecule has 0 aliphatic carbocycles. The molecule has 0 N–H and O–H groups in total. The topological polar surface area (TPSA) is 25.8 Å². The minimum Gasteiger partial charge on any atom is -0.237 e. The summed E-state index contributed by atoms with van der Waals surface area (Å²) in [6, 6.07) is 6.96. The highest BCUT2D eigenvalue weighted by molar-refractivity contribution is 6.35. The Hall–Kier alpha value is -0.830. The smallest absolute Gasteiger partial charge is 0.159 e. The monoisotopic (exact) mass is 272 g/mol. The molecular formula is C11H7Cl3N2. The molecule has 2 rings (SSSR count). The number of alkyl halides is 1. The summed E-state index contributed by atoms with van der Waals surface area (Å²) in [6.45, 7) is 0. The van der Waals surface area contributed by atoms with Gasteiger partial charge in [0.05, 0.1) is 11.6 Å². The maximum absolute atomic E-state index is 5.91. The third-order valence-electron chi connectivity index (χ3n) is 1.97. The molecule has 0 radical (unpaired) electrons. The highest BCUT2D eigenvalue weighted by Gasteiger charge is 2.04. The molecule has 0 bridgehead atoms. The Kier molecular flexibility index (Phi) is 3.64. The van der Waals surface area contributed by atoms with E-state index in [2.05, 4.69) is 9.97 Å². The molecule has 82 valence electrons. The maximum Gasteiger partial charge on any atom is 0.159 e. The van der Waals surface area contributed by atoms with Gasteiger partial charge in [-0.25, -0.2) is 9.97 Å². The SMILES string of the molecule is ClCc1ccnc(-c2cc(Cl)cc(Cl)c2)n1. The van der Waals surface area contributed by atoms with E-state index < -0.39 is 0 Å². The van der Waals surface area contributed by atoms with Gasteiger partial charge in [0.2, 0.25) is 0 Å². The minimum absolute atomic E-state index is 0.351. The lowest BCUT2D eigenvalue weighted by Crippen LogP contribution is -1.92. The molecule has 16 heavy (non-hydrogen) atoms. The Morgan fingerprint density at radius 3 is 2.38 bits per heavy atom. The predicted molar refractivity (Wildman–Crippen MR) is 67.0 cm³/mol. The molecule has 1 aromatic heterocycles. The van der Waals surface area contributed by atoms with Gasteiger partial charge in [0.25, 0.3) is 0 Å². The number of nitrogens with zero attached hydrogens (tertiary/aromatic N) is 2. The van der Waals surface area contributed by atoms with E-state index in [1.165, 1.54) is 0 Å². The van der Waals surface area contributed by atoms with Crippen LogP contribution >= 0.6 is 34.8 Å². The first kappa shape index (κ1) is 11.6. The molecular weight excluding hydrogens is 266 g/mol. The fraction of sp³-hybridized carbons (Fsp3) is 0.0909. The summed E-state index contributed by atoms with van der Waals surface area (Å²) in [4.78, 5) is 8.44. The van der Waals surface area contributed by atoms with Crippen LogP contribution in [0.25, 0.3) is 11.4 Å². The van der Waals surface area contributed by atoms with E-state index in [-0.39, 0.29) is 0 Å². The third kappa shape index (κ3) is 2.64.